The summed E-state index contributed by atoms with van der Waals surface area (Å²) in [4.78, 5) is 23.7. The number of Topliss-reactive ketones (excluding diaryl/α,β-unsaturated/α-hetero) is 1. The van der Waals surface area contributed by atoms with E-state index in [1.54, 1.807) is 30.3 Å². The lowest BCUT2D eigenvalue weighted by atomic mass is 9.97. The molecule has 0 bridgehead atoms. The third kappa shape index (κ3) is 5.43. The van der Waals surface area contributed by atoms with E-state index in [-0.39, 0.29) is 23.9 Å². The molecule has 1 atom stereocenters. The Balaban J connectivity index is 1.88. The number of rotatable bonds is 10. The number of nitro benzene ring substituents is 1. The highest BCUT2D eigenvalue weighted by Crippen LogP contribution is 2.30. The quantitative estimate of drug-likeness (QED) is 0.254. The molecule has 0 spiro atoms. The van der Waals surface area contributed by atoms with Crippen molar-refractivity contribution in [2.24, 2.45) is 0 Å². The maximum Gasteiger partial charge on any atom is 0.269 e. The van der Waals surface area contributed by atoms with E-state index >= 15 is 0 Å². The first-order valence-corrected chi connectivity index (χ1v) is 10.3. The predicted octanol–water partition coefficient (Wildman–Crippen LogP) is 5.60. The van der Waals surface area contributed by atoms with Gasteiger partial charge in [0.1, 0.15) is 0 Å². The van der Waals surface area contributed by atoms with E-state index in [1.807, 2.05) is 24.3 Å². The number of hydrogen-bond donors (Lipinski definition) is 1. The smallest absolute Gasteiger partial charge is 0.269 e. The second-order valence-corrected chi connectivity index (χ2v) is 7.29. The van der Waals surface area contributed by atoms with Crippen LogP contribution in [0.15, 0.2) is 66.7 Å². The lowest BCUT2D eigenvalue weighted by molar-refractivity contribution is -0.384. The summed E-state index contributed by atoms with van der Waals surface area (Å²) in [6.45, 7) is 2.09. The van der Waals surface area contributed by atoms with Gasteiger partial charge in [-0.15, -0.1) is 0 Å². The lowest BCUT2D eigenvalue weighted by Crippen LogP contribution is -2.16. The fourth-order valence-corrected chi connectivity index (χ4v) is 3.43. The van der Waals surface area contributed by atoms with Crippen molar-refractivity contribution in [3.63, 3.8) is 0 Å². The van der Waals surface area contributed by atoms with Gasteiger partial charge in [-0.1, -0.05) is 31.2 Å². The summed E-state index contributed by atoms with van der Waals surface area (Å²) in [5.41, 5.74) is 3.36. The molecule has 0 saturated heterocycles. The van der Waals surface area contributed by atoms with Gasteiger partial charge in [0.2, 0.25) is 0 Å². The van der Waals surface area contributed by atoms with Crippen LogP contribution in [0.3, 0.4) is 0 Å². The second-order valence-electron chi connectivity index (χ2n) is 7.29. The number of methoxy groups -OCH3 is 2. The zero-order valence-electron chi connectivity index (χ0n) is 18.3. The Hall–Kier alpha value is -3.87. The van der Waals surface area contributed by atoms with Crippen LogP contribution in [0.5, 0.6) is 11.5 Å². The molecule has 1 unspecified atom stereocenters. The summed E-state index contributed by atoms with van der Waals surface area (Å²) < 4.78 is 10.6. The minimum atomic E-state index is -0.440. The van der Waals surface area contributed by atoms with Gasteiger partial charge in [-0.25, -0.2) is 0 Å². The zero-order valence-corrected chi connectivity index (χ0v) is 18.3. The maximum atomic E-state index is 13.1. The van der Waals surface area contributed by atoms with Crippen molar-refractivity contribution in [3.8, 4) is 11.5 Å². The van der Waals surface area contributed by atoms with E-state index in [2.05, 4.69) is 12.2 Å². The summed E-state index contributed by atoms with van der Waals surface area (Å²) >= 11 is 0. The minimum absolute atomic E-state index is 0.00557. The first kappa shape index (κ1) is 22.8. The van der Waals surface area contributed by atoms with E-state index in [0.29, 0.717) is 17.1 Å². The summed E-state index contributed by atoms with van der Waals surface area (Å²) in [6.07, 6.45) is 1.09. The molecule has 7 nitrogen and oxygen atoms in total. The van der Waals surface area contributed by atoms with Crippen molar-refractivity contribution >= 4 is 17.2 Å². The zero-order chi connectivity index (χ0) is 23.1. The van der Waals surface area contributed by atoms with E-state index < -0.39 is 4.92 Å². The van der Waals surface area contributed by atoms with Crippen LogP contribution in [0.1, 0.15) is 40.9 Å². The third-order valence-corrected chi connectivity index (χ3v) is 5.30. The first-order chi connectivity index (χ1) is 15.4. The van der Waals surface area contributed by atoms with Crippen LogP contribution in [0.4, 0.5) is 11.4 Å². The molecule has 3 aromatic carbocycles. The minimum Gasteiger partial charge on any atom is -0.493 e. The average molecular weight is 434 g/mol. The van der Waals surface area contributed by atoms with Crippen molar-refractivity contribution < 1.29 is 19.2 Å². The monoisotopic (exact) mass is 434 g/mol. The van der Waals surface area contributed by atoms with Crippen molar-refractivity contribution in [2.45, 2.75) is 25.8 Å². The molecule has 1 N–H and O–H groups in total. The van der Waals surface area contributed by atoms with Gasteiger partial charge in [0.25, 0.3) is 5.69 Å². The van der Waals surface area contributed by atoms with Crippen molar-refractivity contribution in [2.75, 3.05) is 19.5 Å². The molecule has 7 heteroatoms. The number of aryl methyl sites for hydroxylation is 1. The molecule has 0 aliphatic rings. The Morgan fingerprint density at radius 1 is 0.969 bits per heavy atom. The highest BCUT2D eigenvalue weighted by Gasteiger charge is 2.20. The van der Waals surface area contributed by atoms with Crippen molar-refractivity contribution in [1.29, 1.82) is 0 Å². The molecule has 0 aliphatic carbocycles. The van der Waals surface area contributed by atoms with Crippen LogP contribution in [0, 0.1) is 10.1 Å². The molecule has 3 rings (SSSR count). The summed E-state index contributed by atoms with van der Waals surface area (Å²) in [6, 6.07) is 18.9. The molecule has 0 aliphatic heterocycles. The number of nitro groups is 1. The molecule has 0 fully saturated rings. The largest absolute Gasteiger partial charge is 0.493 e. The number of carbonyl (C=O) groups is 1. The van der Waals surface area contributed by atoms with Gasteiger partial charge >= 0.3 is 0 Å². The number of nitrogens with one attached hydrogen (secondary N) is 1. The summed E-state index contributed by atoms with van der Waals surface area (Å²) in [7, 11) is 3.06. The molecule has 0 heterocycles. The molecular weight excluding hydrogens is 408 g/mol. The average Bonchev–Trinajstić information content (AvgIpc) is 2.83. The molecular formula is C25H26N2O5. The highest BCUT2D eigenvalue weighted by atomic mass is 16.6. The molecule has 0 amide bonds. The van der Waals surface area contributed by atoms with Crippen LogP contribution in [0.2, 0.25) is 0 Å². The Kier molecular flexibility index (Phi) is 7.44. The van der Waals surface area contributed by atoms with Gasteiger partial charge in [0.05, 0.1) is 25.2 Å². The van der Waals surface area contributed by atoms with Gasteiger partial charge in [-0.3, -0.25) is 14.9 Å². The fourth-order valence-electron chi connectivity index (χ4n) is 3.43. The number of ether oxygens (including phenoxy) is 2. The van der Waals surface area contributed by atoms with Crippen LogP contribution < -0.4 is 14.8 Å². The SMILES string of the molecule is CCc1ccc(NC(CC(=O)c2ccc(OC)c(OC)c2)c2ccc([N+](=O)[O-])cc2)cc1. The number of ketones is 1. The third-order valence-electron chi connectivity index (χ3n) is 5.30. The second kappa shape index (κ2) is 10.4. The predicted molar refractivity (Wildman–Crippen MR) is 124 cm³/mol. The Morgan fingerprint density at radius 3 is 2.19 bits per heavy atom. The van der Waals surface area contributed by atoms with Crippen LogP contribution >= 0.6 is 0 Å². The standard InChI is InChI=1S/C25H26N2O5/c1-4-17-5-10-20(11-6-17)26-22(18-7-12-21(13-8-18)27(29)30)16-23(28)19-9-14-24(31-2)25(15-19)32-3/h5-15,22,26H,4,16H2,1-3H3. The highest BCUT2D eigenvalue weighted by molar-refractivity contribution is 5.97. The van der Waals surface area contributed by atoms with Crippen molar-refractivity contribution in [1.82, 2.24) is 0 Å². The fraction of sp³-hybridized carbons (Fsp3) is 0.240. The van der Waals surface area contributed by atoms with Gasteiger partial charge in [-0.2, -0.15) is 0 Å². The number of nitrogens with zero attached hydrogens (tertiary/aromatic N) is 1. The normalized spacial score (nSPS) is 11.5. The lowest BCUT2D eigenvalue weighted by Gasteiger charge is -2.20. The van der Waals surface area contributed by atoms with Crippen LogP contribution in [0.25, 0.3) is 0 Å². The van der Waals surface area contributed by atoms with Crippen molar-refractivity contribution in [3.05, 3.63) is 93.5 Å². The van der Waals surface area contributed by atoms with E-state index in [4.69, 9.17) is 9.47 Å². The molecule has 0 aromatic heterocycles. The van der Waals surface area contributed by atoms with E-state index in [0.717, 1.165) is 17.7 Å². The van der Waals surface area contributed by atoms with Gasteiger partial charge in [-0.05, 0) is 47.9 Å². The van der Waals surface area contributed by atoms with Crippen LogP contribution in [-0.4, -0.2) is 24.9 Å². The first-order valence-electron chi connectivity index (χ1n) is 10.3. The number of carbonyl (C=O) groups excluding carboxylic acids is 1. The number of anilines is 1. The molecule has 3 aromatic rings. The van der Waals surface area contributed by atoms with Gasteiger partial charge in [0, 0.05) is 29.8 Å². The van der Waals surface area contributed by atoms with Gasteiger partial charge < -0.3 is 14.8 Å². The molecule has 166 valence electrons. The van der Waals surface area contributed by atoms with E-state index in [9.17, 15) is 14.9 Å². The Labute approximate surface area is 187 Å². The number of benzene rings is 3. The van der Waals surface area contributed by atoms with Gasteiger partial charge in [0.15, 0.2) is 17.3 Å². The molecule has 32 heavy (non-hydrogen) atoms. The Morgan fingerprint density at radius 2 is 1.62 bits per heavy atom. The molecule has 0 radical (unpaired) electrons. The Bertz CT molecular complexity index is 1080. The molecule has 0 saturated carbocycles. The van der Waals surface area contributed by atoms with Crippen LogP contribution in [-0.2, 0) is 6.42 Å². The summed E-state index contributed by atoms with van der Waals surface area (Å²) in [5.74, 6) is 0.936. The number of non-ortho nitro benzene ring substituents is 1. The summed E-state index contributed by atoms with van der Waals surface area (Å²) in [5, 5.41) is 14.4. The number of hydrogen-bond acceptors (Lipinski definition) is 6. The topological polar surface area (TPSA) is 90.7 Å². The van der Waals surface area contributed by atoms with E-state index in [1.165, 1.54) is 31.9 Å². The maximum absolute atomic E-state index is 13.1.